The van der Waals surface area contributed by atoms with E-state index in [9.17, 15) is 10.1 Å². The van der Waals surface area contributed by atoms with Gasteiger partial charge < -0.3 is 29.3 Å². The third-order valence-electron chi connectivity index (χ3n) is 7.37. The van der Waals surface area contributed by atoms with Gasteiger partial charge in [-0.05, 0) is 36.8 Å². The molecule has 1 N–H and O–H groups in total. The van der Waals surface area contributed by atoms with Crippen LogP contribution in [0.3, 0.4) is 0 Å². The van der Waals surface area contributed by atoms with Crippen LogP contribution in [0.1, 0.15) is 17.5 Å². The molecule has 11 heteroatoms. The van der Waals surface area contributed by atoms with Crippen molar-refractivity contribution in [2.45, 2.75) is 6.42 Å². The summed E-state index contributed by atoms with van der Waals surface area (Å²) in [5.41, 5.74) is 3.13. The molecule has 1 aromatic heterocycles. The SMILES string of the molecule is COc1cc2c(N3CCN(C(=O)Nc4ccc(C#N)cc4)CC3)c(C#N)cnc2cc1OCCCN1CCOCC1. The second-order valence-electron chi connectivity index (χ2n) is 9.90. The van der Waals surface area contributed by atoms with Crippen molar-refractivity contribution >= 4 is 28.3 Å². The molecule has 2 amide bonds. The predicted octanol–water partition coefficient (Wildman–Crippen LogP) is 3.44. The van der Waals surface area contributed by atoms with E-state index in [1.54, 1.807) is 42.5 Å². The standard InChI is InChI=1S/C30H33N7O4/c1-39-27-17-25-26(18-28(27)41-14-2-7-35-12-15-40-16-13-35)33-21-23(20-32)29(25)36-8-10-37(11-9-36)30(38)34-24-5-3-22(19-31)4-6-24/h3-6,17-18,21H,2,7-16H2,1H3,(H,34,38). The second kappa shape index (κ2) is 13.2. The Morgan fingerprint density at radius 3 is 2.46 bits per heavy atom. The highest BCUT2D eigenvalue weighted by Gasteiger charge is 2.25. The molecule has 2 aliphatic heterocycles. The van der Waals surface area contributed by atoms with Crippen molar-refractivity contribution in [2.75, 3.05) is 83.0 Å². The third kappa shape index (κ3) is 6.60. The lowest BCUT2D eigenvalue weighted by atomic mass is 10.1. The summed E-state index contributed by atoms with van der Waals surface area (Å²) in [6.45, 7) is 7.02. The van der Waals surface area contributed by atoms with E-state index in [1.807, 2.05) is 12.1 Å². The molecule has 0 unspecified atom stereocenters. The van der Waals surface area contributed by atoms with Gasteiger partial charge >= 0.3 is 6.03 Å². The molecular weight excluding hydrogens is 522 g/mol. The number of benzene rings is 2. The van der Waals surface area contributed by atoms with Crippen LogP contribution in [0.2, 0.25) is 0 Å². The summed E-state index contributed by atoms with van der Waals surface area (Å²) >= 11 is 0. The van der Waals surface area contributed by atoms with Gasteiger partial charge in [0.25, 0.3) is 0 Å². The predicted molar refractivity (Wildman–Crippen MR) is 154 cm³/mol. The van der Waals surface area contributed by atoms with Crippen LogP contribution >= 0.6 is 0 Å². The normalized spacial score (nSPS) is 15.7. The average Bonchev–Trinajstić information content (AvgIpc) is 3.03. The Kier molecular flexibility index (Phi) is 8.99. The molecule has 2 aliphatic rings. The highest BCUT2D eigenvalue weighted by Crippen LogP contribution is 2.38. The number of nitriles is 2. The van der Waals surface area contributed by atoms with E-state index in [0.29, 0.717) is 66.6 Å². The number of nitrogens with zero attached hydrogens (tertiary/aromatic N) is 6. The number of amides is 2. The molecule has 0 aliphatic carbocycles. The molecule has 2 saturated heterocycles. The van der Waals surface area contributed by atoms with Gasteiger partial charge in [0.05, 0.1) is 55.3 Å². The van der Waals surface area contributed by atoms with Crippen LogP contribution in [0.4, 0.5) is 16.2 Å². The van der Waals surface area contributed by atoms with Gasteiger partial charge in [-0.3, -0.25) is 9.88 Å². The number of methoxy groups -OCH3 is 1. The monoisotopic (exact) mass is 555 g/mol. The van der Waals surface area contributed by atoms with E-state index in [2.05, 4.69) is 32.2 Å². The number of carbonyl (C=O) groups excluding carboxylic acids is 1. The summed E-state index contributed by atoms with van der Waals surface area (Å²) in [4.78, 5) is 23.6. The maximum Gasteiger partial charge on any atom is 0.321 e. The van der Waals surface area contributed by atoms with Crippen LogP contribution in [-0.2, 0) is 4.74 Å². The molecule has 0 radical (unpaired) electrons. The summed E-state index contributed by atoms with van der Waals surface area (Å²) in [5.74, 6) is 1.21. The van der Waals surface area contributed by atoms with E-state index >= 15 is 0 Å². The Morgan fingerprint density at radius 2 is 1.78 bits per heavy atom. The van der Waals surface area contributed by atoms with Gasteiger partial charge in [-0.2, -0.15) is 10.5 Å². The zero-order valence-corrected chi connectivity index (χ0v) is 23.1. The number of nitrogens with one attached hydrogen (secondary N) is 1. The van der Waals surface area contributed by atoms with Crippen molar-refractivity contribution in [1.29, 1.82) is 10.5 Å². The number of anilines is 2. The summed E-state index contributed by atoms with van der Waals surface area (Å²) in [6, 6.07) is 14.7. The van der Waals surface area contributed by atoms with Gasteiger partial charge in [-0.25, -0.2) is 4.79 Å². The lowest BCUT2D eigenvalue weighted by molar-refractivity contribution is 0.0357. The van der Waals surface area contributed by atoms with Crippen molar-refractivity contribution in [3.05, 3.63) is 53.7 Å². The molecule has 2 aromatic carbocycles. The zero-order chi connectivity index (χ0) is 28.6. The van der Waals surface area contributed by atoms with Crippen LogP contribution in [0.15, 0.2) is 42.6 Å². The van der Waals surface area contributed by atoms with Crippen molar-refractivity contribution in [3.8, 4) is 23.6 Å². The van der Waals surface area contributed by atoms with E-state index < -0.39 is 0 Å². The van der Waals surface area contributed by atoms with Crippen LogP contribution < -0.4 is 19.7 Å². The first-order valence-corrected chi connectivity index (χ1v) is 13.7. The fourth-order valence-corrected chi connectivity index (χ4v) is 5.14. The molecule has 0 saturated carbocycles. The fraction of sp³-hybridized carbons (Fsp3) is 0.400. The van der Waals surface area contributed by atoms with E-state index in [-0.39, 0.29) is 6.03 Å². The van der Waals surface area contributed by atoms with E-state index in [0.717, 1.165) is 50.3 Å². The number of pyridine rings is 1. The van der Waals surface area contributed by atoms with Crippen LogP contribution in [-0.4, -0.2) is 93.6 Å². The molecule has 0 bridgehead atoms. The smallest absolute Gasteiger partial charge is 0.321 e. The number of hydrogen-bond donors (Lipinski definition) is 1. The van der Waals surface area contributed by atoms with Gasteiger partial charge in [-0.15, -0.1) is 0 Å². The summed E-state index contributed by atoms with van der Waals surface area (Å²) < 4.78 is 17.2. The van der Waals surface area contributed by atoms with Gasteiger partial charge in [0, 0.05) is 69.2 Å². The fourth-order valence-electron chi connectivity index (χ4n) is 5.14. The number of carbonyl (C=O) groups is 1. The maximum atomic E-state index is 12.8. The van der Waals surface area contributed by atoms with Gasteiger partial charge in [0.15, 0.2) is 11.5 Å². The number of fused-ring (bicyclic) bond motifs is 1. The Balaban J connectivity index is 1.26. The maximum absolute atomic E-state index is 12.8. The quantitative estimate of drug-likeness (QED) is 0.416. The minimum absolute atomic E-state index is 0.202. The van der Waals surface area contributed by atoms with Crippen LogP contribution in [0.25, 0.3) is 10.9 Å². The van der Waals surface area contributed by atoms with Crippen molar-refractivity contribution in [2.24, 2.45) is 0 Å². The largest absolute Gasteiger partial charge is 0.493 e. The highest BCUT2D eigenvalue weighted by atomic mass is 16.5. The van der Waals surface area contributed by atoms with Crippen LogP contribution in [0, 0.1) is 22.7 Å². The summed E-state index contributed by atoms with van der Waals surface area (Å²) in [6.07, 6.45) is 2.48. The Bertz CT molecular complexity index is 1450. The molecule has 2 fully saturated rings. The summed E-state index contributed by atoms with van der Waals surface area (Å²) in [7, 11) is 1.61. The molecule has 0 spiro atoms. The van der Waals surface area contributed by atoms with Gasteiger partial charge in [0.2, 0.25) is 0 Å². The minimum Gasteiger partial charge on any atom is -0.493 e. The lowest BCUT2D eigenvalue weighted by Gasteiger charge is -2.36. The Hall–Kier alpha value is -4.58. The van der Waals surface area contributed by atoms with Gasteiger partial charge in [-0.1, -0.05) is 0 Å². The first-order chi connectivity index (χ1) is 20.1. The minimum atomic E-state index is -0.202. The average molecular weight is 556 g/mol. The summed E-state index contributed by atoms with van der Waals surface area (Å²) in [5, 5.41) is 22.6. The van der Waals surface area contributed by atoms with E-state index in [1.165, 1.54) is 0 Å². The molecule has 3 heterocycles. The second-order valence-corrected chi connectivity index (χ2v) is 9.90. The molecule has 41 heavy (non-hydrogen) atoms. The molecule has 0 atom stereocenters. The van der Waals surface area contributed by atoms with E-state index in [4.69, 9.17) is 19.5 Å². The third-order valence-corrected chi connectivity index (χ3v) is 7.37. The Labute approximate surface area is 239 Å². The molecule has 212 valence electrons. The lowest BCUT2D eigenvalue weighted by Crippen LogP contribution is -2.50. The molecular formula is C30H33N7O4. The zero-order valence-electron chi connectivity index (χ0n) is 23.1. The number of morpholine rings is 1. The molecule has 3 aromatic rings. The number of aromatic nitrogens is 1. The highest BCUT2D eigenvalue weighted by molar-refractivity contribution is 5.97. The number of urea groups is 1. The number of rotatable bonds is 8. The van der Waals surface area contributed by atoms with Crippen molar-refractivity contribution in [3.63, 3.8) is 0 Å². The van der Waals surface area contributed by atoms with Crippen molar-refractivity contribution in [1.82, 2.24) is 14.8 Å². The first kappa shape index (κ1) is 28.0. The topological polar surface area (TPSA) is 127 Å². The Morgan fingerprint density at radius 1 is 1.02 bits per heavy atom. The number of piperazine rings is 1. The first-order valence-electron chi connectivity index (χ1n) is 13.7. The van der Waals surface area contributed by atoms with Crippen LogP contribution in [0.5, 0.6) is 11.5 Å². The molecule has 5 rings (SSSR count). The number of hydrogen-bond acceptors (Lipinski definition) is 9. The van der Waals surface area contributed by atoms with Gasteiger partial charge in [0.1, 0.15) is 6.07 Å². The number of ether oxygens (including phenoxy) is 3. The molecule has 11 nitrogen and oxygen atoms in total. The van der Waals surface area contributed by atoms with Crippen molar-refractivity contribution < 1.29 is 19.0 Å².